The van der Waals surface area contributed by atoms with E-state index in [1.54, 1.807) is 65.3 Å². The standard InChI is InChI=1S/C34H49N7O8.CHF3O3S/c1-19(2)16-24(30(35)43)36-32(45)25(17-22-12-10-9-11-13-22)37-33(46)28(20(3)4)38-34(47)29(21(5)42)39-31(44)23-14-15-27(41(6,7)8)26(18-23)40(48)49;2-1(3,4)8(5,6)7/h9-15,18-21,24-25,28-29,42H,16-17H2,1-8H3,(H5-,35,36,37,38,39,43,44,45,46,47);(H,5,6,7)/t21-,24+,25+,28+,29+;/m1./s1. The molecule has 5 atom stereocenters. The number of aliphatic hydroxyl groups excluding tert-OH is 1. The first kappa shape index (κ1) is 49.8. The number of nitrogens with two attached hydrogens (primary N) is 1. The van der Waals surface area contributed by atoms with E-state index in [1.807, 2.05) is 13.8 Å². The summed E-state index contributed by atoms with van der Waals surface area (Å²) in [5.74, 6) is -4.31. The van der Waals surface area contributed by atoms with Crippen LogP contribution in [0.2, 0.25) is 0 Å². The SMILES string of the molecule is CC(C)C[C@H](NC(=O)[C@H](Cc1ccccc1)NC(=O)[C@@H](NC(=O)[C@@H](NC(=O)c1ccc([N+](C)(C)C)c([N+](=O)[O-])c1)[C@@H](C)O)C(C)C)C(N)=O.O=S(=O)([O-])C(F)(F)F. The van der Waals surface area contributed by atoms with Crippen LogP contribution in [0.15, 0.2) is 48.5 Å². The van der Waals surface area contributed by atoms with Crippen molar-refractivity contribution in [2.75, 3.05) is 21.1 Å². The van der Waals surface area contributed by atoms with Crippen LogP contribution in [0.3, 0.4) is 0 Å². The Balaban J connectivity index is 0.00000182. The van der Waals surface area contributed by atoms with Gasteiger partial charge in [-0.3, -0.25) is 38.6 Å². The number of nitro benzene ring substituents is 1. The number of nitro groups is 1. The normalized spacial score (nSPS) is 14.5. The summed E-state index contributed by atoms with van der Waals surface area (Å²) in [5.41, 5.74) is 0.548. The third-order valence-electron chi connectivity index (χ3n) is 8.02. The minimum absolute atomic E-state index is 0.0417. The van der Waals surface area contributed by atoms with Crippen LogP contribution >= 0.6 is 0 Å². The fraction of sp³-hybridized carbons (Fsp3) is 0.514. The molecule has 57 heavy (non-hydrogen) atoms. The Bertz CT molecular complexity index is 1850. The van der Waals surface area contributed by atoms with Crippen LogP contribution in [0.1, 0.15) is 57.0 Å². The Kier molecular flexibility index (Phi) is 18.2. The molecule has 2 aromatic rings. The topological polar surface area (TPSA) is 280 Å². The van der Waals surface area contributed by atoms with Crippen molar-refractivity contribution in [3.63, 3.8) is 0 Å². The maximum absolute atomic E-state index is 13.7. The van der Waals surface area contributed by atoms with E-state index in [0.29, 0.717) is 5.69 Å². The molecule has 7 N–H and O–H groups in total. The lowest BCUT2D eigenvalue weighted by molar-refractivity contribution is -0.384. The van der Waals surface area contributed by atoms with Crippen LogP contribution in [0.5, 0.6) is 0 Å². The molecule has 0 spiro atoms. The number of alkyl halides is 3. The Hall–Kier alpha value is -5.19. The van der Waals surface area contributed by atoms with E-state index in [-0.39, 0.29) is 34.5 Å². The number of halogens is 3. The third-order valence-corrected chi connectivity index (χ3v) is 8.59. The maximum Gasteiger partial charge on any atom is 0.485 e. The lowest BCUT2D eigenvalue weighted by atomic mass is 9.99. The van der Waals surface area contributed by atoms with Gasteiger partial charge in [0.15, 0.2) is 10.1 Å². The van der Waals surface area contributed by atoms with E-state index in [0.717, 1.165) is 11.6 Å². The molecular formula is C35H50F3N7O11S. The van der Waals surface area contributed by atoms with Gasteiger partial charge >= 0.3 is 11.2 Å². The van der Waals surface area contributed by atoms with E-state index < -0.39 is 86.3 Å². The number of nitrogens with one attached hydrogen (secondary N) is 4. The Morgan fingerprint density at radius 3 is 1.77 bits per heavy atom. The highest BCUT2D eigenvalue weighted by Gasteiger charge is 2.37. The molecule has 0 radical (unpaired) electrons. The summed E-state index contributed by atoms with van der Waals surface area (Å²) in [7, 11) is -0.887. The van der Waals surface area contributed by atoms with Crippen molar-refractivity contribution < 1.29 is 60.1 Å². The van der Waals surface area contributed by atoms with Gasteiger partial charge in [0.2, 0.25) is 29.3 Å². The number of aliphatic hydroxyl groups is 1. The zero-order valence-electron chi connectivity index (χ0n) is 32.6. The van der Waals surface area contributed by atoms with Crippen LogP contribution in [-0.4, -0.2) is 109 Å². The number of carbonyl (C=O) groups excluding carboxylic acids is 5. The lowest BCUT2D eigenvalue weighted by Gasteiger charge is -2.29. The fourth-order valence-corrected chi connectivity index (χ4v) is 5.10. The van der Waals surface area contributed by atoms with Crippen molar-refractivity contribution in [2.45, 2.75) is 83.2 Å². The zero-order chi connectivity index (χ0) is 44.2. The van der Waals surface area contributed by atoms with Gasteiger partial charge in [0, 0.05) is 24.1 Å². The van der Waals surface area contributed by atoms with Crippen molar-refractivity contribution in [1.29, 1.82) is 0 Å². The molecule has 0 aliphatic carbocycles. The van der Waals surface area contributed by atoms with Crippen molar-refractivity contribution >= 4 is 51.0 Å². The Morgan fingerprint density at radius 2 is 1.35 bits per heavy atom. The quantitative estimate of drug-likeness (QED) is 0.0433. The van der Waals surface area contributed by atoms with Crippen LogP contribution in [0.4, 0.5) is 24.5 Å². The van der Waals surface area contributed by atoms with E-state index in [4.69, 9.17) is 18.7 Å². The smallest absolute Gasteiger partial charge is 0.485 e. The summed E-state index contributed by atoms with van der Waals surface area (Å²) in [6.07, 6.45) is -1.07. The molecule has 318 valence electrons. The lowest BCUT2D eigenvalue weighted by Crippen LogP contribution is -2.61. The number of hydrogen-bond acceptors (Lipinski definition) is 11. The highest BCUT2D eigenvalue weighted by Crippen LogP contribution is 2.31. The van der Waals surface area contributed by atoms with Gasteiger partial charge in [-0.05, 0) is 36.8 Å². The number of hydrogen-bond donors (Lipinski definition) is 6. The number of quaternary nitrogens is 1. The molecule has 0 heterocycles. The van der Waals surface area contributed by atoms with Crippen LogP contribution < -0.4 is 31.5 Å². The first-order valence-electron chi connectivity index (χ1n) is 17.3. The van der Waals surface area contributed by atoms with Crippen molar-refractivity contribution in [1.82, 2.24) is 25.8 Å². The summed E-state index contributed by atoms with van der Waals surface area (Å²) in [4.78, 5) is 76.9. The van der Waals surface area contributed by atoms with Gasteiger partial charge in [0.05, 0.1) is 32.2 Å². The van der Waals surface area contributed by atoms with Gasteiger partial charge in [-0.25, -0.2) is 8.42 Å². The van der Waals surface area contributed by atoms with Gasteiger partial charge in [-0.1, -0.05) is 58.0 Å². The molecule has 18 nitrogen and oxygen atoms in total. The molecule has 2 aromatic carbocycles. The molecule has 0 aliphatic heterocycles. The molecule has 22 heteroatoms. The van der Waals surface area contributed by atoms with E-state index in [2.05, 4.69) is 21.3 Å². The third kappa shape index (κ3) is 16.1. The van der Waals surface area contributed by atoms with E-state index >= 15 is 0 Å². The average molecular weight is 834 g/mol. The van der Waals surface area contributed by atoms with Gasteiger partial charge in [0.1, 0.15) is 24.2 Å². The molecular weight excluding hydrogens is 783 g/mol. The monoisotopic (exact) mass is 833 g/mol. The molecule has 0 aliphatic rings. The summed E-state index contributed by atoms with van der Waals surface area (Å²) in [6.45, 7) is 8.33. The highest BCUT2D eigenvalue weighted by atomic mass is 32.2. The minimum atomic E-state index is -6.09. The summed E-state index contributed by atoms with van der Waals surface area (Å²) < 4.78 is 59.0. The molecule has 0 fully saturated rings. The number of carbonyl (C=O) groups is 5. The van der Waals surface area contributed by atoms with Gasteiger partial charge in [-0.15, -0.1) is 0 Å². The largest absolute Gasteiger partial charge is 0.741 e. The summed E-state index contributed by atoms with van der Waals surface area (Å²) in [5, 5.41) is 32.5. The van der Waals surface area contributed by atoms with Crippen molar-refractivity contribution in [3.8, 4) is 0 Å². The number of amides is 5. The molecule has 0 aromatic heterocycles. The predicted octanol–water partition coefficient (Wildman–Crippen LogP) is 1.21. The zero-order valence-corrected chi connectivity index (χ0v) is 33.4. The van der Waals surface area contributed by atoms with Crippen LogP contribution in [0, 0.1) is 22.0 Å². The second kappa shape index (κ2) is 20.8. The summed E-state index contributed by atoms with van der Waals surface area (Å²) >= 11 is 0. The number of rotatable bonds is 17. The fourth-order valence-electron chi connectivity index (χ4n) is 5.10. The Labute approximate surface area is 328 Å². The number of nitrogens with zero attached hydrogens (tertiary/aromatic N) is 2. The maximum atomic E-state index is 13.7. The van der Waals surface area contributed by atoms with Gasteiger partial charge in [-0.2, -0.15) is 13.2 Å². The van der Waals surface area contributed by atoms with Crippen LogP contribution in [-0.2, 0) is 35.7 Å². The first-order chi connectivity index (χ1) is 26.0. The second-order valence-corrected chi connectivity index (χ2v) is 16.0. The molecule has 0 saturated heterocycles. The highest BCUT2D eigenvalue weighted by molar-refractivity contribution is 7.86. The van der Waals surface area contributed by atoms with Crippen molar-refractivity contribution in [2.24, 2.45) is 17.6 Å². The minimum Gasteiger partial charge on any atom is -0.741 e. The Morgan fingerprint density at radius 1 is 0.842 bits per heavy atom. The number of benzene rings is 2. The molecule has 0 saturated carbocycles. The number of primary amides is 1. The molecule has 0 unspecified atom stereocenters. The van der Waals surface area contributed by atoms with Gasteiger partial charge < -0.3 is 36.7 Å². The summed E-state index contributed by atoms with van der Waals surface area (Å²) in [6, 6.07) is 7.92. The average Bonchev–Trinajstić information content (AvgIpc) is 3.07. The van der Waals surface area contributed by atoms with Crippen LogP contribution in [0.25, 0.3) is 0 Å². The second-order valence-electron chi connectivity index (χ2n) is 14.6. The molecule has 5 amide bonds. The molecule has 2 rings (SSSR count). The van der Waals surface area contributed by atoms with Crippen molar-refractivity contribution in [3.05, 3.63) is 69.8 Å². The first-order valence-corrected chi connectivity index (χ1v) is 18.7. The van der Waals surface area contributed by atoms with Gasteiger partial charge in [0.25, 0.3) is 5.91 Å². The van der Waals surface area contributed by atoms with E-state index in [9.17, 15) is 52.4 Å². The molecule has 0 bridgehead atoms. The van der Waals surface area contributed by atoms with E-state index in [1.165, 1.54) is 19.1 Å². The predicted molar refractivity (Wildman–Crippen MR) is 201 cm³/mol.